The number of carbonyl (C=O) groups excluding carboxylic acids is 1. The monoisotopic (exact) mass is 298 g/mol. The number of unbranched alkanes of at least 4 members (excludes halogenated alkanes) is 6. The molecule has 0 aromatic rings. The molecule has 0 aliphatic rings. The number of rotatable bonds is 13. The van der Waals surface area contributed by atoms with E-state index in [4.69, 9.17) is 4.74 Å². The van der Waals surface area contributed by atoms with Gasteiger partial charge in [-0.25, -0.2) is 0 Å². The van der Waals surface area contributed by atoms with Gasteiger partial charge in [-0.15, -0.1) is 0 Å². The molecule has 2 heteroatoms. The van der Waals surface area contributed by atoms with Gasteiger partial charge in [0.05, 0.1) is 6.10 Å². The van der Waals surface area contributed by atoms with Crippen molar-refractivity contribution in [2.45, 2.75) is 111 Å². The molecule has 21 heavy (non-hydrogen) atoms. The van der Waals surface area contributed by atoms with Crippen molar-refractivity contribution in [3.63, 3.8) is 0 Å². The number of esters is 1. The van der Waals surface area contributed by atoms with E-state index in [2.05, 4.69) is 20.8 Å². The van der Waals surface area contributed by atoms with Crippen molar-refractivity contribution in [1.82, 2.24) is 0 Å². The van der Waals surface area contributed by atoms with Crippen molar-refractivity contribution in [2.24, 2.45) is 5.41 Å². The molecule has 0 N–H and O–H groups in total. The molecule has 0 aliphatic carbocycles. The second-order valence-electron chi connectivity index (χ2n) is 7.35. The summed E-state index contributed by atoms with van der Waals surface area (Å²) in [4.78, 5) is 10.8. The van der Waals surface area contributed by atoms with Gasteiger partial charge < -0.3 is 4.74 Å². The summed E-state index contributed by atoms with van der Waals surface area (Å²) in [6.07, 6.45) is 14.4. The fourth-order valence-electron chi connectivity index (χ4n) is 2.89. The van der Waals surface area contributed by atoms with E-state index in [9.17, 15) is 4.79 Å². The van der Waals surface area contributed by atoms with Crippen molar-refractivity contribution < 1.29 is 9.53 Å². The smallest absolute Gasteiger partial charge is 0.302 e. The van der Waals surface area contributed by atoms with Crippen molar-refractivity contribution in [1.29, 1.82) is 0 Å². The summed E-state index contributed by atoms with van der Waals surface area (Å²) in [6.45, 7) is 10.5. The van der Waals surface area contributed by atoms with Gasteiger partial charge in [-0.1, -0.05) is 65.7 Å². The molecule has 1 unspecified atom stereocenters. The lowest BCUT2D eigenvalue weighted by atomic mass is 9.82. The van der Waals surface area contributed by atoms with Crippen molar-refractivity contribution in [3.8, 4) is 0 Å². The van der Waals surface area contributed by atoms with Crippen LogP contribution in [0.2, 0.25) is 0 Å². The summed E-state index contributed by atoms with van der Waals surface area (Å²) in [5.74, 6) is -0.161. The molecule has 0 aromatic heterocycles. The zero-order valence-corrected chi connectivity index (χ0v) is 15.2. The van der Waals surface area contributed by atoms with E-state index in [-0.39, 0.29) is 12.1 Å². The third-order valence-corrected chi connectivity index (χ3v) is 4.29. The van der Waals surface area contributed by atoms with Crippen molar-refractivity contribution in [2.75, 3.05) is 0 Å². The Morgan fingerprint density at radius 2 is 1.48 bits per heavy atom. The van der Waals surface area contributed by atoms with Crippen LogP contribution >= 0.6 is 0 Å². The van der Waals surface area contributed by atoms with Crippen LogP contribution in [-0.4, -0.2) is 12.1 Å². The first-order valence-corrected chi connectivity index (χ1v) is 9.04. The molecule has 0 radical (unpaired) electrons. The second kappa shape index (κ2) is 12.1. The molecule has 0 bridgehead atoms. The van der Waals surface area contributed by atoms with Gasteiger partial charge in [0.2, 0.25) is 0 Å². The Kier molecular flexibility index (Phi) is 11.8. The predicted octanol–water partition coefficient (Wildman–Crippen LogP) is 6.28. The molecular formula is C19H38O2. The molecule has 126 valence electrons. The van der Waals surface area contributed by atoms with E-state index in [1.807, 2.05) is 6.92 Å². The largest absolute Gasteiger partial charge is 0.463 e. The minimum Gasteiger partial charge on any atom is -0.463 e. The zero-order valence-electron chi connectivity index (χ0n) is 15.2. The van der Waals surface area contributed by atoms with Crippen LogP contribution in [0.25, 0.3) is 0 Å². The van der Waals surface area contributed by atoms with Crippen LogP contribution in [0.4, 0.5) is 0 Å². The molecule has 0 amide bonds. The fraction of sp³-hybridized carbons (Fsp3) is 0.947. The standard InChI is InChI=1S/C19H38O2/c1-6-7-8-9-10-12-15-19(4,5)16-13-11-14-17(2)21-18(3)20/h17H,6-16H2,1-5H3. The summed E-state index contributed by atoms with van der Waals surface area (Å²) in [5, 5.41) is 0. The Labute approximate surface area is 133 Å². The van der Waals surface area contributed by atoms with Crippen molar-refractivity contribution in [3.05, 3.63) is 0 Å². The van der Waals surface area contributed by atoms with E-state index in [0.29, 0.717) is 5.41 Å². The first-order valence-electron chi connectivity index (χ1n) is 9.04. The molecule has 0 aliphatic heterocycles. The minimum absolute atomic E-state index is 0.0733. The van der Waals surface area contributed by atoms with Crippen LogP contribution in [0.3, 0.4) is 0 Å². The summed E-state index contributed by atoms with van der Waals surface area (Å²) in [5.41, 5.74) is 0.468. The second-order valence-corrected chi connectivity index (χ2v) is 7.35. The van der Waals surface area contributed by atoms with Gasteiger partial charge in [0.15, 0.2) is 0 Å². The lowest BCUT2D eigenvalue weighted by Gasteiger charge is -2.25. The Morgan fingerprint density at radius 3 is 2.05 bits per heavy atom. The van der Waals surface area contributed by atoms with Gasteiger partial charge in [-0.3, -0.25) is 4.79 Å². The van der Waals surface area contributed by atoms with Gasteiger partial charge >= 0.3 is 5.97 Å². The molecule has 0 saturated heterocycles. The molecule has 0 rings (SSSR count). The minimum atomic E-state index is -0.161. The van der Waals surface area contributed by atoms with Gasteiger partial charge in [-0.2, -0.15) is 0 Å². The summed E-state index contributed by atoms with van der Waals surface area (Å²) >= 11 is 0. The SMILES string of the molecule is CCCCCCCCC(C)(C)CCCCC(C)OC(C)=O. The molecule has 0 spiro atoms. The zero-order chi connectivity index (χ0) is 16.1. The molecule has 0 saturated carbocycles. The summed E-state index contributed by atoms with van der Waals surface area (Å²) < 4.78 is 5.16. The number of hydrogen-bond donors (Lipinski definition) is 0. The summed E-state index contributed by atoms with van der Waals surface area (Å²) in [7, 11) is 0. The van der Waals surface area contributed by atoms with E-state index >= 15 is 0 Å². The predicted molar refractivity (Wildman–Crippen MR) is 91.5 cm³/mol. The maximum absolute atomic E-state index is 10.8. The molecular weight excluding hydrogens is 260 g/mol. The Balaban J connectivity index is 3.56. The van der Waals surface area contributed by atoms with Gasteiger partial charge in [0, 0.05) is 6.92 Å². The van der Waals surface area contributed by atoms with Crippen LogP contribution in [0.1, 0.15) is 105 Å². The molecule has 0 fully saturated rings. The third-order valence-electron chi connectivity index (χ3n) is 4.29. The highest BCUT2D eigenvalue weighted by atomic mass is 16.5. The van der Waals surface area contributed by atoms with Crippen LogP contribution in [-0.2, 0) is 9.53 Å². The Morgan fingerprint density at radius 1 is 0.952 bits per heavy atom. The number of ether oxygens (including phenoxy) is 1. The number of carbonyl (C=O) groups is 1. The van der Waals surface area contributed by atoms with Crippen LogP contribution < -0.4 is 0 Å². The lowest BCUT2D eigenvalue weighted by Crippen LogP contribution is -2.14. The van der Waals surface area contributed by atoms with Gasteiger partial charge in [0.1, 0.15) is 0 Å². The maximum atomic E-state index is 10.8. The highest BCUT2D eigenvalue weighted by molar-refractivity contribution is 5.66. The molecule has 0 heterocycles. The third kappa shape index (κ3) is 14.2. The van der Waals surface area contributed by atoms with Crippen LogP contribution in [0.5, 0.6) is 0 Å². The average Bonchev–Trinajstić information content (AvgIpc) is 2.38. The van der Waals surface area contributed by atoms with Gasteiger partial charge in [0.25, 0.3) is 0 Å². The van der Waals surface area contributed by atoms with E-state index in [1.165, 1.54) is 64.7 Å². The number of hydrogen-bond acceptors (Lipinski definition) is 2. The van der Waals surface area contributed by atoms with E-state index in [1.54, 1.807) is 0 Å². The maximum Gasteiger partial charge on any atom is 0.302 e. The highest BCUT2D eigenvalue weighted by Crippen LogP contribution is 2.30. The topological polar surface area (TPSA) is 26.3 Å². The van der Waals surface area contributed by atoms with Crippen LogP contribution in [0.15, 0.2) is 0 Å². The van der Waals surface area contributed by atoms with Crippen molar-refractivity contribution >= 4 is 5.97 Å². The van der Waals surface area contributed by atoms with Gasteiger partial charge in [-0.05, 0) is 38.0 Å². The molecule has 0 aromatic carbocycles. The molecule has 1 atom stereocenters. The first kappa shape index (κ1) is 20.5. The average molecular weight is 299 g/mol. The van der Waals surface area contributed by atoms with E-state index < -0.39 is 0 Å². The fourth-order valence-corrected chi connectivity index (χ4v) is 2.89. The van der Waals surface area contributed by atoms with Crippen LogP contribution in [0, 0.1) is 5.41 Å². The normalized spacial score (nSPS) is 13.2. The summed E-state index contributed by atoms with van der Waals surface area (Å²) in [6, 6.07) is 0. The quantitative estimate of drug-likeness (QED) is 0.295. The Hall–Kier alpha value is -0.530. The Bertz CT molecular complexity index is 258. The first-order chi connectivity index (χ1) is 9.87. The van der Waals surface area contributed by atoms with E-state index in [0.717, 1.165) is 12.8 Å². The highest BCUT2D eigenvalue weighted by Gasteiger charge is 2.17. The molecule has 2 nitrogen and oxygen atoms in total. The lowest BCUT2D eigenvalue weighted by molar-refractivity contribution is -0.145.